The highest BCUT2D eigenvalue weighted by Crippen LogP contribution is 2.27. The first kappa shape index (κ1) is 20.5. The van der Waals surface area contributed by atoms with Crippen molar-refractivity contribution in [3.8, 4) is 17.0 Å². The van der Waals surface area contributed by atoms with Gasteiger partial charge in [0.15, 0.2) is 0 Å². The SMILES string of the molecule is COc1cccc(NC(=O)C(C)(C)C)c1C=NNc1nc(-c2ccccc2)cs1. The van der Waals surface area contributed by atoms with Gasteiger partial charge in [0, 0.05) is 16.4 Å². The molecule has 3 aromatic rings. The maximum absolute atomic E-state index is 12.4. The van der Waals surface area contributed by atoms with Crippen LogP contribution in [-0.2, 0) is 4.79 Å². The summed E-state index contributed by atoms with van der Waals surface area (Å²) in [6.07, 6.45) is 1.63. The van der Waals surface area contributed by atoms with Crippen LogP contribution in [0.25, 0.3) is 11.3 Å². The summed E-state index contributed by atoms with van der Waals surface area (Å²) >= 11 is 1.47. The average Bonchev–Trinajstić information content (AvgIpc) is 3.18. The molecule has 1 aromatic heterocycles. The molecule has 0 aliphatic rings. The van der Waals surface area contributed by atoms with Crippen LogP contribution in [0, 0.1) is 5.41 Å². The number of thiazole rings is 1. The van der Waals surface area contributed by atoms with Gasteiger partial charge in [0.05, 0.1) is 30.3 Å². The molecule has 0 unspecified atom stereocenters. The summed E-state index contributed by atoms with van der Waals surface area (Å²) in [4.78, 5) is 16.9. The van der Waals surface area contributed by atoms with Gasteiger partial charge in [0.25, 0.3) is 0 Å². The Labute approximate surface area is 174 Å². The maximum Gasteiger partial charge on any atom is 0.229 e. The number of hydrazone groups is 1. The number of aromatic nitrogens is 1. The highest BCUT2D eigenvalue weighted by Gasteiger charge is 2.22. The van der Waals surface area contributed by atoms with E-state index in [9.17, 15) is 4.79 Å². The van der Waals surface area contributed by atoms with E-state index in [4.69, 9.17) is 4.74 Å². The second kappa shape index (κ2) is 8.87. The molecule has 0 aliphatic carbocycles. The minimum Gasteiger partial charge on any atom is -0.496 e. The van der Waals surface area contributed by atoms with Crippen LogP contribution >= 0.6 is 11.3 Å². The third-order valence-electron chi connectivity index (χ3n) is 4.14. The van der Waals surface area contributed by atoms with E-state index in [1.807, 2.05) is 74.7 Å². The molecular formula is C22H24N4O2S. The number of rotatable bonds is 6. The van der Waals surface area contributed by atoms with E-state index in [-0.39, 0.29) is 5.91 Å². The van der Waals surface area contributed by atoms with Gasteiger partial charge in [-0.05, 0) is 12.1 Å². The Hall–Kier alpha value is -3.19. The van der Waals surface area contributed by atoms with Crippen LogP contribution in [0.4, 0.5) is 10.8 Å². The Kier molecular flexibility index (Phi) is 6.29. The lowest BCUT2D eigenvalue weighted by atomic mass is 9.95. The van der Waals surface area contributed by atoms with Crippen LogP contribution in [0.15, 0.2) is 59.0 Å². The summed E-state index contributed by atoms with van der Waals surface area (Å²) in [5.41, 5.74) is 5.71. The number of amides is 1. The molecular weight excluding hydrogens is 384 g/mol. The third kappa shape index (κ3) is 5.20. The molecule has 0 spiro atoms. The fourth-order valence-corrected chi connectivity index (χ4v) is 3.16. The molecule has 0 radical (unpaired) electrons. The van der Waals surface area contributed by atoms with Gasteiger partial charge in [0.2, 0.25) is 11.0 Å². The van der Waals surface area contributed by atoms with E-state index in [1.54, 1.807) is 13.3 Å². The van der Waals surface area contributed by atoms with Crippen molar-refractivity contribution in [1.82, 2.24) is 4.98 Å². The van der Waals surface area contributed by atoms with E-state index >= 15 is 0 Å². The molecule has 0 saturated heterocycles. The van der Waals surface area contributed by atoms with Gasteiger partial charge in [-0.3, -0.25) is 10.2 Å². The Bertz CT molecular complexity index is 1010. The molecule has 29 heavy (non-hydrogen) atoms. The quantitative estimate of drug-likeness (QED) is 0.431. The van der Waals surface area contributed by atoms with Crippen molar-refractivity contribution in [2.75, 3.05) is 17.9 Å². The van der Waals surface area contributed by atoms with Gasteiger partial charge in [-0.25, -0.2) is 4.98 Å². The zero-order valence-electron chi connectivity index (χ0n) is 16.9. The van der Waals surface area contributed by atoms with E-state index in [0.29, 0.717) is 22.1 Å². The molecule has 1 amide bonds. The monoisotopic (exact) mass is 408 g/mol. The van der Waals surface area contributed by atoms with E-state index in [0.717, 1.165) is 11.3 Å². The molecule has 0 bridgehead atoms. The predicted octanol–water partition coefficient (Wildman–Crippen LogP) is 5.25. The van der Waals surface area contributed by atoms with Crippen LogP contribution in [0.3, 0.4) is 0 Å². The van der Waals surface area contributed by atoms with Crippen molar-refractivity contribution in [2.24, 2.45) is 10.5 Å². The van der Waals surface area contributed by atoms with Gasteiger partial charge >= 0.3 is 0 Å². The zero-order valence-corrected chi connectivity index (χ0v) is 17.7. The smallest absolute Gasteiger partial charge is 0.229 e. The summed E-state index contributed by atoms with van der Waals surface area (Å²) in [5.74, 6) is 0.534. The molecule has 2 aromatic carbocycles. The van der Waals surface area contributed by atoms with Crippen LogP contribution in [-0.4, -0.2) is 24.2 Å². The van der Waals surface area contributed by atoms with Crippen molar-refractivity contribution in [1.29, 1.82) is 0 Å². The lowest BCUT2D eigenvalue weighted by Crippen LogP contribution is -2.28. The Morgan fingerprint density at radius 2 is 1.90 bits per heavy atom. The molecule has 150 valence electrons. The minimum absolute atomic E-state index is 0.0826. The van der Waals surface area contributed by atoms with Crippen LogP contribution < -0.4 is 15.5 Å². The molecule has 2 N–H and O–H groups in total. The highest BCUT2D eigenvalue weighted by molar-refractivity contribution is 7.14. The molecule has 0 saturated carbocycles. The second-order valence-electron chi connectivity index (χ2n) is 7.40. The Morgan fingerprint density at radius 1 is 1.14 bits per heavy atom. The number of nitrogens with one attached hydrogen (secondary N) is 2. The number of methoxy groups -OCH3 is 1. The fourth-order valence-electron chi connectivity index (χ4n) is 2.49. The summed E-state index contributed by atoms with van der Waals surface area (Å²) in [5, 5.41) is 9.90. The maximum atomic E-state index is 12.4. The molecule has 0 aliphatic heterocycles. The summed E-state index contributed by atoms with van der Waals surface area (Å²) in [7, 11) is 1.59. The van der Waals surface area contributed by atoms with Crippen LogP contribution in [0.5, 0.6) is 5.75 Å². The number of ether oxygens (including phenoxy) is 1. The van der Waals surface area contributed by atoms with E-state index in [1.165, 1.54) is 11.3 Å². The fraction of sp³-hybridized carbons (Fsp3) is 0.227. The number of anilines is 2. The summed E-state index contributed by atoms with van der Waals surface area (Å²) in [6, 6.07) is 15.4. The Morgan fingerprint density at radius 3 is 2.59 bits per heavy atom. The van der Waals surface area contributed by atoms with Crippen molar-refractivity contribution >= 4 is 34.3 Å². The molecule has 6 nitrogen and oxygen atoms in total. The summed E-state index contributed by atoms with van der Waals surface area (Å²) in [6.45, 7) is 5.60. The van der Waals surface area contributed by atoms with Crippen molar-refractivity contribution in [2.45, 2.75) is 20.8 Å². The molecule has 3 rings (SSSR count). The van der Waals surface area contributed by atoms with E-state index in [2.05, 4.69) is 20.8 Å². The molecule has 7 heteroatoms. The van der Waals surface area contributed by atoms with Crippen molar-refractivity contribution in [3.05, 3.63) is 59.5 Å². The van der Waals surface area contributed by atoms with E-state index < -0.39 is 5.41 Å². The first-order valence-electron chi connectivity index (χ1n) is 9.17. The predicted molar refractivity (Wildman–Crippen MR) is 120 cm³/mol. The van der Waals surface area contributed by atoms with Gasteiger partial charge in [-0.15, -0.1) is 11.3 Å². The normalized spacial score (nSPS) is 11.4. The standard InChI is InChI=1S/C22H24N4O2S/c1-22(2,3)20(27)24-17-11-8-12-19(28-4)16(17)13-23-26-21-25-18(14-29-21)15-9-6-5-7-10-15/h5-14H,1-4H3,(H,24,27)(H,25,26). The van der Waals surface area contributed by atoms with Gasteiger partial charge in [0.1, 0.15) is 5.75 Å². The molecule has 0 fully saturated rings. The first-order valence-corrected chi connectivity index (χ1v) is 10.0. The topological polar surface area (TPSA) is 75.6 Å². The number of carbonyl (C=O) groups is 1. The zero-order chi connectivity index (χ0) is 20.9. The lowest BCUT2D eigenvalue weighted by Gasteiger charge is -2.19. The third-order valence-corrected chi connectivity index (χ3v) is 4.89. The van der Waals surface area contributed by atoms with Gasteiger partial charge in [-0.2, -0.15) is 5.10 Å². The van der Waals surface area contributed by atoms with Crippen molar-refractivity contribution in [3.63, 3.8) is 0 Å². The highest BCUT2D eigenvalue weighted by atomic mass is 32.1. The number of hydrogen-bond donors (Lipinski definition) is 2. The second-order valence-corrected chi connectivity index (χ2v) is 8.26. The summed E-state index contributed by atoms with van der Waals surface area (Å²) < 4.78 is 5.43. The van der Waals surface area contributed by atoms with Gasteiger partial charge < -0.3 is 10.1 Å². The largest absolute Gasteiger partial charge is 0.496 e. The Balaban J connectivity index is 1.78. The molecule has 0 atom stereocenters. The number of nitrogens with zero attached hydrogens (tertiary/aromatic N) is 2. The lowest BCUT2D eigenvalue weighted by molar-refractivity contribution is -0.123. The van der Waals surface area contributed by atoms with Crippen LogP contribution in [0.2, 0.25) is 0 Å². The van der Waals surface area contributed by atoms with Crippen LogP contribution in [0.1, 0.15) is 26.3 Å². The average molecular weight is 409 g/mol. The molecule has 1 heterocycles. The number of carbonyl (C=O) groups excluding carboxylic acids is 1. The van der Waals surface area contributed by atoms with Crippen molar-refractivity contribution < 1.29 is 9.53 Å². The minimum atomic E-state index is -0.509. The van der Waals surface area contributed by atoms with Gasteiger partial charge in [-0.1, -0.05) is 57.2 Å². The number of benzene rings is 2. The number of hydrogen-bond acceptors (Lipinski definition) is 6. The first-order chi connectivity index (χ1) is 13.9.